The molecule has 0 amide bonds. The Labute approximate surface area is 101 Å². The average Bonchev–Trinajstić information content (AvgIpc) is 2.95. The van der Waals surface area contributed by atoms with Crippen LogP contribution in [0, 0.1) is 0 Å². The van der Waals surface area contributed by atoms with E-state index in [1.807, 2.05) is 6.20 Å². The lowest BCUT2D eigenvalue weighted by molar-refractivity contribution is 1.08. The summed E-state index contributed by atoms with van der Waals surface area (Å²) in [5.41, 5.74) is 1.64. The SMILES string of the molecule is Clc1nc(NCc2cn[nH]c2)c2cn[nH]c2n1. The molecule has 0 unspecified atom stereocenters. The van der Waals surface area contributed by atoms with Crippen LogP contribution in [0.1, 0.15) is 5.56 Å². The molecule has 7 nitrogen and oxygen atoms in total. The number of H-pyrrole nitrogens is 2. The summed E-state index contributed by atoms with van der Waals surface area (Å²) in [6.45, 7) is 0.601. The predicted octanol–water partition coefficient (Wildman–Crippen LogP) is 1.34. The molecule has 0 saturated carbocycles. The van der Waals surface area contributed by atoms with E-state index in [2.05, 4.69) is 35.7 Å². The first kappa shape index (κ1) is 10.0. The highest BCUT2D eigenvalue weighted by atomic mass is 35.5. The van der Waals surface area contributed by atoms with Crippen molar-refractivity contribution in [3.8, 4) is 0 Å². The Morgan fingerprint density at radius 3 is 3.00 bits per heavy atom. The number of anilines is 1. The number of aromatic nitrogens is 6. The Balaban J connectivity index is 1.91. The molecule has 3 aromatic heterocycles. The fourth-order valence-electron chi connectivity index (χ4n) is 1.50. The third-order valence-corrected chi connectivity index (χ3v) is 2.47. The molecule has 3 N–H and O–H groups in total. The van der Waals surface area contributed by atoms with Gasteiger partial charge in [0.15, 0.2) is 5.65 Å². The molecule has 0 aliphatic heterocycles. The van der Waals surface area contributed by atoms with Gasteiger partial charge in [-0.1, -0.05) is 0 Å². The monoisotopic (exact) mass is 249 g/mol. The second kappa shape index (κ2) is 4.02. The van der Waals surface area contributed by atoms with E-state index >= 15 is 0 Å². The highest BCUT2D eigenvalue weighted by molar-refractivity contribution is 6.28. The fourth-order valence-corrected chi connectivity index (χ4v) is 1.67. The predicted molar refractivity (Wildman–Crippen MR) is 62.6 cm³/mol. The number of aromatic amines is 2. The highest BCUT2D eigenvalue weighted by Gasteiger charge is 2.08. The molecule has 3 rings (SSSR count). The highest BCUT2D eigenvalue weighted by Crippen LogP contribution is 2.20. The number of nitrogens with zero attached hydrogens (tertiary/aromatic N) is 4. The van der Waals surface area contributed by atoms with E-state index in [9.17, 15) is 0 Å². The van der Waals surface area contributed by atoms with Gasteiger partial charge in [-0.25, -0.2) is 0 Å². The first-order valence-corrected chi connectivity index (χ1v) is 5.29. The van der Waals surface area contributed by atoms with Crippen LogP contribution in [0.5, 0.6) is 0 Å². The summed E-state index contributed by atoms with van der Waals surface area (Å²) >= 11 is 5.81. The van der Waals surface area contributed by atoms with Crippen molar-refractivity contribution in [1.29, 1.82) is 0 Å². The number of fused-ring (bicyclic) bond motifs is 1. The molecule has 3 aromatic rings. The van der Waals surface area contributed by atoms with Crippen molar-refractivity contribution >= 4 is 28.5 Å². The Hall–Kier alpha value is -2.15. The van der Waals surface area contributed by atoms with Crippen molar-refractivity contribution in [3.05, 3.63) is 29.4 Å². The summed E-state index contributed by atoms with van der Waals surface area (Å²) in [6.07, 6.45) is 5.20. The number of halogens is 1. The molecule has 0 bridgehead atoms. The van der Waals surface area contributed by atoms with E-state index < -0.39 is 0 Å². The van der Waals surface area contributed by atoms with Crippen molar-refractivity contribution < 1.29 is 0 Å². The van der Waals surface area contributed by atoms with Crippen LogP contribution < -0.4 is 5.32 Å². The van der Waals surface area contributed by atoms with Gasteiger partial charge >= 0.3 is 0 Å². The molecule has 3 heterocycles. The van der Waals surface area contributed by atoms with E-state index in [0.29, 0.717) is 18.0 Å². The van der Waals surface area contributed by atoms with Crippen molar-refractivity contribution in [3.63, 3.8) is 0 Å². The lowest BCUT2D eigenvalue weighted by atomic mass is 10.3. The maximum atomic E-state index is 5.81. The Morgan fingerprint density at radius 2 is 2.18 bits per heavy atom. The lowest BCUT2D eigenvalue weighted by Crippen LogP contribution is -2.02. The van der Waals surface area contributed by atoms with Crippen LogP contribution in [0.2, 0.25) is 5.28 Å². The summed E-state index contributed by atoms with van der Waals surface area (Å²) in [5.74, 6) is 0.648. The Bertz CT molecular complexity index is 630. The zero-order chi connectivity index (χ0) is 11.7. The first-order chi connectivity index (χ1) is 8.33. The summed E-state index contributed by atoms with van der Waals surface area (Å²) in [5, 5.41) is 17.4. The molecule has 86 valence electrons. The zero-order valence-corrected chi connectivity index (χ0v) is 9.36. The maximum absolute atomic E-state index is 5.81. The van der Waals surface area contributed by atoms with Crippen LogP contribution in [-0.4, -0.2) is 30.4 Å². The van der Waals surface area contributed by atoms with Gasteiger partial charge in [0.05, 0.1) is 17.8 Å². The van der Waals surface area contributed by atoms with Crippen LogP contribution in [0.15, 0.2) is 18.6 Å². The third-order valence-electron chi connectivity index (χ3n) is 2.30. The standard InChI is InChI=1S/C9H8ClN7/c10-9-15-7(6-4-14-17-8(6)16-9)11-1-5-2-12-13-3-5/h2-4H,1H2,(H,12,13)(H2,11,14,15,16,17). The van der Waals surface area contributed by atoms with E-state index in [-0.39, 0.29) is 5.28 Å². The van der Waals surface area contributed by atoms with Gasteiger partial charge in [0.2, 0.25) is 5.28 Å². The molecule has 0 saturated heterocycles. The maximum Gasteiger partial charge on any atom is 0.226 e. The van der Waals surface area contributed by atoms with Gasteiger partial charge in [0, 0.05) is 18.3 Å². The Morgan fingerprint density at radius 1 is 1.24 bits per heavy atom. The number of hydrogen-bond donors (Lipinski definition) is 3. The number of nitrogens with one attached hydrogen (secondary N) is 3. The van der Waals surface area contributed by atoms with Gasteiger partial charge in [0.1, 0.15) is 5.82 Å². The van der Waals surface area contributed by atoms with E-state index in [0.717, 1.165) is 10.9 Å². The normalized spacial score (nSPS) is 10.9. The average molecular weight is 250 g/mol. The van der Waals surface area contributed by atoms with Crippen LogP contribution in [0.3, 0.4) is 0 Å². The topological polar surface area (TPSA) is 95.2 Å². The van der Waals surface area contributed by atoms with Crippen molar-refractivity contribution in [1.82, 2.24) is 30.4 Å². The summed E-state index contributed by atoms with van der Waals surface area (Å²) < 4.78 is 0. The first-order valence-electron chi connectivity index (χ1n) is 4.91. The number of rotatable bonds is 3. The fraction of sp³-hybridized carbons (Fsp3) is 0.111. The summed E-state index contributed by atoms with van der Waals surface area (Å²) in [6, 6.07) is 0. The van der Waals surface area contributed by atoms with Crippen molar-refractivity contribution in [2.75, 3.05) is 5.32 Å². The van der Waals surface area contributed by atoms with E-state index in [4.69, 9.17) is 11.6 Å². The van der Waals surface area contributed by atoms with E-state index in [1.165, 1.54) is 0 Å². The molecular formula is C9H8ClN7. The van der Waals surface area contributed by atoms with Gasteiger partial charge in [0.25, 0.3) is 0 Å². The van der Waals surface area contributed by atoms with Crippen LogP contribution in [0.25, 0.3) is 11.0 Å². The quantitative estimate of drug-likeness (QED) is 0.609. The van der Waals surface area contributed by atoms with Gasteiger partial charge < -0.3 is 5.32 Å². The minimum absolute atomic E-state index is 0.177. The molecular weight excluding hydrogens is 242 g/mol. The number of hydrogen-bond acceptors (Lipinski definition) is 5. The smallest absolute Gasteiger partial charge is 0.226 e. The van der Waals surface area contributed by atoms with Crippen LogP contribution in [-0.2, 0) is 6.54 Å². The van der Waals surface area contributed by atoms with Crippen molar-refractivity contribution in [2.24, 2.45) is 0 Å². The lowest BCUT2D eigenvalue weighted by Gasteiger charge is -2.04. The van der Waals surface area contributed by atoms with Gasteiger partial charge in [-0.15, -0.1) is 0 Å². The second-order valence-electron chi connectivity index (χ2n) is 3.43. The molecule has 8 heteroatoms. The molecule has 17 heavy (non-hydrogen) atoms. The minimum Gasteiger partial charge on any atom is -0.365 e. The summed E-state index contributed by atoms with van der Waals surface area (Å²) in [4.78, 5) is 8.14. The Kier molecular flexibility index (Phi) is 2.37. The van der Waals surface area contributed by atoms with Crippen molar-refractivity contribution in [2.45, 2.75) is 6.54 Å². The summed E-state index contributed by atoms with van der Waals surface area (Å²) in [7, 11) is 0. The largest absolute Gasteiger partial charge is 0.365 e. The van der Waals surface area contributed by atoms with Crippen LogP contribution in [0.4, 0.5) is 5.82 Å². The molecule has 0 spiro atoms. The van der Waals surface area contributed by atoms with Crippen LogP contribution >= 0.6 is 11.6 Å². The molecule has 0 fully saturated rings. The van der Waals surface area contributed by atoms with Gasteiger partial charge in [-0.05, 0) is 11.6 Å². The van der Waals surface area contributed by atoms with Gasteiger partial charge in [-0.3, -0.25) is 10.2 Å². The minimum atomic E-state index is 0.177. The molecule has 0 radical (unpaired) electrons. The molecule has 0 aliphatic carbocycles. The molecule has 0 aliphatic rings. The second-order valence-corrected chi connectivity index (χ2v) is 3.77. The van der Waals surface area contributed by atoms with E-state index in [1.54, 1.807) is 12.4 Å². The third kappa shape index (κ3) is 1.92. The molecule has 0 atom stereocenters. The van der Waals surface area contributed by atoms with Gasteiger partial charge in [-0.2, -0.15) is 20.2 Å². The zero-order valence-electron chi connectivity index (χ0n) is 8.61. The molecule has 0 aromatic carbocycles.